The molecule has 2 aromatic rings. The molecule has 47 heavy (non-hydrogen) atoms. The molecule has 2 aliphatic rings. The largest absolute Gasteiger partial charge is 0.480 e. The Hall–Kier alpha value is -5.02. The first-order valence-corrected chi connectivity index (χ1v) is 14.7. The van der Waals surface area contributed by atoms with E-state index in [9.17, 15) is 33.9 Å². The zero-order valence-electron chi connectivity index (χ0n) is 26.1. The Morgan fingerprint density at radius 3 is 1.89 bits per heavy atom. The van der Waals surface area contributed by atoms with E-state index in [0.29, 0.717) is 0 Å². The number of hydrogen-bond acceptors (Lipinski definition) is 12. The number of hydrogen-bond donors (Lipinski definition) is 3. The van der Waals surface area contributed by atoms with Crippen molar-refractivity contribution in [2.45, 2.75) is 70.3 Å². The van der Waals surface area contributed by atoms with Gasteiger partial charge in [-0.25, -0.2) is 9.59 Å². The molecule has 15 heteroatoms. The Morgan fingerprint density at radius 1 is 0.787 bits per heavy atom. The molecule has 1 unspecified atom stereocenters. The van der Waals surface area contributed by atoms with Crippen LogP contribution in [0.25, 0.3) is 11.1 Å². The first kappa shape index (κ1) is 34.8. The summed E-state index contributed by atoms with van der Waals surface area (Å²) in [7, 11) is 0. The summed E-state index contributed by atoms with van der Waals surface area (Å²) in [4.78, 5) is 72.6. The molecule has 0 saturated carbocycles. The second-order valence-electron chi connectivity index (χ2n) is 10.9. The molecular weight excluding hydrogens is 620 g/mol. The van der Waals surface area contributed by atoms with Gasteiger partial charge >= 0.3 is 30.0 Å². The van der Waals surface area contributed by atoms with Gasteiger partial charge < -0.3 is 44.2 Å². The lowest BCUT2D eigenvalue weighted by molar-refractivity contribution is -0.278. The number of carboxylic acid groups (broad SMARTS) is 1. The Morgan fingerprint density at radius 2 is 1.36 bits per heavy atom. The molecule has 15 nitrogen and oxygen atoms in total. The van der Waals surface area contributed by atoms with Gasteiger partial charge in [-0.1, -0.05) is 48.5 Å². The van der Waals surface area contributed by atoms with Gasteiger partial charge in [0.1, 0.15) is 25.4 Å². The molecule has 1 aliphatic heterocycles. The molecule has 1 aliphatic carbocycles. The number of amides is 2. The average Bonchev–Trinajstić information content (AvgIpc) is 3.32. The van der Waals surface area contributed by atoms with Crippen molar-refractivity contribution >= 4 is 35.9 Å². The van der Waals surface area contributed by atoms with Crippen molar-refractivity contribution in [2.24, 2.45) is 0 Å². The van der Waals surface area contributed by atoms with Crippen LogP contribution in [0.4, 0.5) is 4.79 Å². The highest BCUT2D eigenvalue weighted by Crippen LogP contribution is 2.44. The van der Waals surface area contributed by atoms with Gasteiger partial charge in [0.05, 0.1) is 6.61 Å². The average molecular weight is 657 g/mol. The molecule has 2 amide bonds. The number of esters is 3. The lowest BCUT2D eigenvalue weighted by atomic mass is 9.96. The Balaban J connectivity index is 1.48. The lowest BCUT2D eigenvalue weighted by Gasteiger charge is -2.45. The fraction of sp³-hybridized carbons (Fsp3) is 0.438. The molecule has 1 fully saturated rings. The normalized spacial score (nSPS) is 22.1. The summed E-state index contributed by atoms with van der Waals surface area (Å²) in [5.41, 5.74) is 3.97. The van der Waals surface area contributed by atoms with Gasteiger partial charge in [-0.2, -0.15) is 0 Å². The predicted octanol–water partition coefficient (Wildman–Crippen LogP) is 1.65. The molecular formula is C32H36N2O13. The fourth-order valence-electron chi connectivity index (χ4n) is 5.58. The molecule has 3 N–H and O–H groups in total. The predicted molar refractivity (Wildman–Crippen MR) is 160 cm³/mol. The third-order valence-electron chi connectivity index (χ3n) is 7.43. The van der Waals surface area contributed by atoms with Gasteiger partial charge in [0.2, 0.25) is 5.91 Å². The third-order valence-corrected chi connectivity index (χ3v) is 7.43. The number of carbonyl (C=O) groups excluding carboxylic acids is 5. The van der Waals surface area contributed by atoms with Crippen LogP contribution in [0.3, 0.4) is 0 Å². The minimum atomic E-state index is -1.66. The van der Waals surface area contributed by atoms with E-state index in [-0.39, 0.29) is 12.5 Å². The quantitative estimate of drug-likeness (QED) is 0.220. The van der Waals surface area contributed by atoms with Gasteiger partial charge in [-0.05, 0) is 22.3 Å². The second-order valence-corrected chi connectivity index (χ2v) is 10.9. The summed E-state index contributed by atoms with van der Waals surface area (Å²) in [6.45, 7) is 3.23. The topological polar surface area (TPSA) is 202 Å². The third kappa shape index (κ3) is 8.83. The highest BCUT2D eigenvalue weighted by molar-refractivity contribution is 5.81. The fourth-order valence-corrected chi connectivity index (χ4v) is 5.58. The molecule has 2 aromatic carbocycles. The van der Waals surface area contributed by atoms with Crippen molar-refractivity contribution in [1.29, 1.82) is 0 Å². The minimum absolute atomic E-state index is 0.0666. The molecule has 0 radical (unpaired) electrons. The second kappa shape index (κ2) is 15.5. The van der Waals surface area contributed by atoms with Crippen LogP contribution in [0.2, 0.25) is 0 Å². The SMILES string of the molecule is CC(=O)N[C@@H]1[C@@H](OCC(NC(=O)OCC2c3ccccc3-c3ccccc32)C(=O)O)O[C@@H](COC(C)=O)[C@H](OC(C)=O)[C@H]1OC(C)=O. The molecule has 4 rings (SSSR count). The van der Waals surface area contributed by atoms with E-state index < -0.39 is 85.8 Å². The van der Waals surface area contributed by atoms with Gasteiger partial charge in [0.25, 0.3) is 0 Å². The van der Waals surface area contributed by atoms with E-state index in [1.165, 1.54) is 0 Å². The highest BCUT2D eigenvalue weighted by atomic mass is 16.7. The Kier molecular flexibility index (Phi) is 11.5. The standard InChI is InChI=1S/C32H36N2O13/c1-16(35)33-27-29(46-19(4)38)28(45-18(3)37)26(15-42-17(2)36)47-31(27)43-14-25(30(39)40)34-32(41)44-13-24-22-11-7-5-9-20(22)21-10-6-8-12-23(21)24/h5-12,24-29,31H,13-15H2,1-4H3,(H,33,35)(H,34,41)(H,39,40)/t25?,26-,27-,28-,29-,31-/m0/s1. The molecule has 0 spiro atoms. The van der Waals surface area contributed by atoms with Crippen LogP contribution in [0.5, 0.6) is 0 Å². The number of ether oxygens (including phenoxy) is 6. The van der Waals surface area contributed by atoms with Crippen molar-refractivity contribution < 1.29 is 62.3 Å². The lowest BCUT2D eigenvalue weighted by Crippen LogP contribution is -2.67. The first-order chi connectivity index (χ1) is 22.3. The molecule has 6 atom stereocenters. The van der Waals surface area contributed by atoms with Gasteiger partial charge in [0, 0.05) is 33.6 Å². The molecule has 1 heterocycles. The summed E-state index contributed by atoms with van der Waals surface area (Å²) in [6, 6.07) is 12.5. The van der Waals surface area contributed by atoms with Gasteiger partial charge in [-0.3, -0.25) is 19.2 Å². The van der Waals surface area contributed by atoms with Crippen molar-refractivity contribution in [3.63, 3.8) is 0 Å². The first-order valence-electron chi connectivity index (χ1n) is 14.7. The van der Waals surface area contributed by atoms with Gasteiger partial charge in [-0.15, -0.1) is 0 Å². The maximum atomic E-state index is 12.8. The number of carboxylic acids is 1. The van der Waals surface area contributed by atoms with Crippen LogP contribution in [-0.4, -0.2) is 97.5 Å². The van der Waals surface area contributed by atoms with Crippen LogP contribution in [0, 0.1) is 0 Å². The maximum Gasteiger partial charge on any atom is 0.407 e. The van der Waals surface area contributed by atoms with Crippen molar-refractivity contribution in [1.82, 2.24) is 10.6 Å². The number of alkyl carbamates (subject to hydrolysis) is 1. The van der Waals surface area contributed by atoms with Gasteiger partial charge in [0.15, 0.2) is 24.5 Å². The summed E-state index contributed by atoms with van der Waals surface area (Å²) in [6.07, 6.45) is -6.58. The number of carbonyl (C=O) groups is 6. The molecule has 0 aromatic heterocycles. The van der Waals surface area contributed by atoms with E-state index >= 15 is 0 Å². The van der Waals surface area contributed by atoms with E-state index in [2.05, 4.69) is 10.6 Å². The highest BCUT2D eigenvalue weighted by Gasteiger charge is 2.51. The Bertz CT molecular complexity index is 1470. The zero-order chi connectivity index (χ0) is 34.2. The maximum absolute atomic E-state index is 12.8. The summed E-state index contributed by atoms with van der Waals surface area (Å²) in [5.74, 6) is -4.65. The van der Waals surface area contributed by atoms with Crippen LogP contribution in [0.1, 0.15) is 44.7 Å². The number of fused-ring (bicyclic) bond motifs is 3. The van der Waals surface area contributed by atoms with Crippen molar-refractivity contribution in [3.8, 4) is 11.1 Å². The van der Waals surface area contributed by atoms with E-state index in [0.717, 1.165) is 49.9 Å². The molecule has 1 saturated heterocycles. The van der Waals surface area contributed by atoms with E-state index in [4.69, 9.17) is 28.4 Å². The smallest absolute Gasteiger partial charge is 0.407 e. The molecule has 252 valence electrons. The number of aliphatic carboxylic acids is 1. The summed E-state index contributed by atoms with van der Waals surface area (Å²) in [5, 5.41) is 14.6. The van der Waals surface area contributed by atoms with E-state index in [1.54, 1.807) is 0 Å². The molecule has 0 bridgehead atoms. The minimum Gasteiger partial charge on any atom is -0.480 e. The Labute approximate surface area is 269 Å². The number of rotatable bonds is 12. The summed E-state index contributed by atoms with van der Waals surface area (Å²) >= 11 is 0. The van der Waals surface area contributed by atoms with Crippen molar-refractivity contribution in [3.05, 3.63) is 59.7 Å². The van der Waals surface area contributed by atoms with Crippen molar-refractivity contribution in [2.75, 3.05) is 19.8 Å². The number of nitrogens with one attached hydrogen (secondary N) is 2. The monoisotopic (exact) mass is 656 g/mol. The van der Waals surface area contributed by atoms with Crippen LogP contribution in [-0.2, 0) is 52.4 Å². The number of benzene rings is 2. The van der Waals surface area contributed by atoms with Crippen LogP contribution in [0.15, 0.2) is 48.5 Å². The van der Waals surface area contributed by atoms with Crippen LogP contribution >= 0.6 is 0 Å². The zero-order valence-corrected chi connectivity index (χ0v) is 26.1. The van der Waals surface area contributed by atoms with Crippen LogP contribution < -0.4 is 10.6 Å². The van der Waals surface area contributed by atoms with E-state index in [1.807, 2.05) is 48.5 Å². The summed E-state index contributed by atoms with van der Waals surface area (Å²) < 4.78 is 32.8.